The Morgan fingerprint density at radius 1 is 1.25 bits per heavy atom. The Morgan fingerprint density at radius 3 is 2.35 bits per heavy atom. The van der Waals surface area contributed by atoms with E-state index in [-0.39, 0.29) is 11.8 Å². The number of nitrogens with one attached hydrogen (secondary N) is 1. The molecule has 4 bridgehead atoms. The molecule has 0 unspecified atom stereocenters. The third kappa shape index (κ3) is 2.07. The minimum Gasteiger partial charge on any atom is -0.480 e. The quantitative estimate of drug-likeness (QED) is 0.338. The van der Waals surface area contributed by atoms with Crippen LogP contribution in [-0.4, -0.2) is 29.7 Å². The molecule has 110 valence electrons. The fraction of sp³-hybridized carbons (Fsp3) is 0.929. The van der Waals surface area contributed by atoms with Gasteiger partial charge in [-0.25, -0.2) is 0 Å². The number of hydrogen-bond donors (Lipinski definition) is 2. The Hall–Kier alpha value is -1.26. The molecule has 0 atom stereocenters. The van der Waals surface area contributed by atoms with Gasteiger partial charge in [0.25, 0.3) is 0 Å². The first-order chi connectivity index (χ1) is 9.66. The van der Waals surface area contributed by atoms with Crippen LogP contribution in [0.15, 0.2) is 5.11 Å². The minimum absolute atomic E-state index is 0.288. The van der Waals surface area contributed by atoms with Crippen LogP contribution >= 0.6 is 0 Å². The second-order valence-electron chi connectivity index (χ2n) is 6.71. The van der Waals surface area contributed by atoms with E-state index in [0.29, 0.717) is 19.5 Å². The zero-order valence-electron chi connectivity index (χ0n) is 11.7. The average Bonchev–Trinajstić information content (AvgIpc) is 2.40. The van der Waals surface area contributed by atoms with E-state index in [4.69, 9.17) is 5.53 Å². The van der Waals surface area contributed by atoms with Gasteiger partial charge >= 0.3 is 5.97 Å². The predicted octanol–water partition coefficient (Wildman–Crippen LogP) is 2.56. The van der Waals surface area contributed by atoms with Gasteiger partial charge in [0.2, 0.25) is 0 Å². The molecule has 0 saturated heterocycles. The fourth-order valence-electron chi connectivity index (χ4n) is 5.13. The van der Waals surface area contributed by atoms with E-state index in [1.54, 1.807) is 0 Å². The van der Waals surface area contributed by atoms with Crippen LogP contribution in [-0.2, 0) is 4.79 Å². The smallest absolute Gasteiger partial charge is 0.324 e. The number of azide groups is 1. The van der Waals surface area contributed by atoms with Crippen molar-refractivity contribution in [2.24, 2.45) is 28.8 Å². The van der Waals surface area contributed by atoms with Crippen molar-refractivity contribution in [1.29, 1.82) is 0 Å². The molecule has 20 heavy (non-hydrogen) atoms. The zero-order chi connectivity index (χ0) is 14.2. The second kappa shape index (κ2) is 5.26. The zero-order valence-corrected chi connectivity index (χ0v) is 11.7. The Balaban J connectivity index is 1.71. The van der Waals surface area contributed by atoms with Crippen molar-refractivity contribution in [3.63, 3.8) is 0 Å². The van der Waals surface area contributed by atoms with Gasteiger partial charge in [-0.1, -0.05) is 5.11 Å². The van der Waals surface area contributed by atoms with Crippen LogP contribution in [0.2, 0.25) is 0 Å². The molecule has 4 aliphatic rings. The lowest BCUT2D eigenvalue weighted by Crippen LogP contribution is -2.69. The van der Waals surface area contributed by atoms with Crippen LogP contribution in [0.4, 0.5) is 0 Å². The van der Waals surface area contributed by atoms with Gasteiger partial charge in [-0.3, -0.25) is 4.79 Å². The summed E-state index contributed by atoms with van der Waals surface area (Å²) < 4.78 is 0. The lowest BCUT2D eigenvalue weighted by molar-refractivity contribution is -0.164. The maximum atomic E-state index is 12.0. The highest BCUT2D eigenvalue weighted by Crippen LogP contribution is 2.58. The van der Waals surface area contributed by atoms with Crippen LogP contribution < -0.4 is 5.32 Å². The second-order valence-corrected chi connectivity index (χ2v) is 6.71. The lowest BCUT2D eigenvalue weighted by Gasteiger charge is -2.59. The molecule has 4 saturated carbocycles. The highest BCUT2D eigenvalue weighted by Gasteiger charge is 2.60. The molecule has 2 N–H and O–H groups in total. The first kappa shape index (κ1) is 13.7. The van der Waals surface area contributed by atoms with E-state index in [1.807, 2.05) is 0 Å². The molecule has 0 aliphatic heterocycles. The van der Waals surface area contributed by atoms with Crippen LogP contribution in [0.25, 0.3) is 10.4 Å². The maximum absolute atomic E-state index is 12.0. The van der Waals surface area contributed by atoms with Crippen molar-refractivity contribution in [2.45, 2.75) is 44.1 Å². The predicted molar refractivity (Wildman–Crippen MR) is 74.0 cm³/mol. The third-order valence-electron chi connectivity index (χ3n) is 5.70. The summed E-state index contributed by atoms with van der Waals surface area (Å²) in [7, 11) is 0. The average molecular weight is 278 g/mol. The molecule has 6 heteroatoms. The van der Waals surface area contributed by atoms with E-state index in [0.717, 1.165) is 37.5 Å². The van der Waals surface area contributed by atoms with Crippen molar-refractivity contribution in [3.8, 4) is 0 Å². The number of carbonyl (C=O) groups is 1. The molecule has 0 aromatic rings. The Morgan fingerprint density at radius 2 is 1.85 bits per heavy atom. The van der Waals surface area contributed by atoms with Crippen LogP contribution in [0.1, 0.15) is 38.5 Å². The molecule has 0 heterocycles. The summed E-state index contributed by atoms with van der Waals surface area (Å²) in [6.45, 7) is 1.05. The van der Waals surface area contributed by atoms with Gasteiger partial charge in [-0.2, -0.15) is 0 Å². The number of carboxylic acids is 1. The Labute approximate surface area is 118 Å². The van der Waals surface area contributed by atoms with E-state index in [2.05, 4.69) is 15.3 Å². The molecule has 4 aliphatic carbocycles. The standard InChI is InChI=1S/C14H22N4O2/c15-18-17-3-1-2-16-14(13(19)20)11-5-9-4-10(7-11)8-12(14)6-9/h9-12,16H,1-8H2,(H,19,20). The van der Waals surface area contributed by atoms with Gasteiger partial charge in [0.05, 0.1) is 0 Å². The maximum Gasteiger partial charge on any atom is 0.324 e. The highest BCUT2D eigenvalue weighted by atomic mass is 16.4. The topological polar surface area (TPSA) is 98.1 Å². The molecular formula is C14H22N4O2. The monoisotopic (exact) mass is 278 g/mol. The Kier molecular flexibility index (Phi) is 3.61. The summed E-state index contributed by atoms with van der Waals surface area (Å²) >= 11 is 0. The number of aliphatic carboxylic acids is 1. The fourth-order valence-corrected chi connectivity index (χ4v) is 5.13. The van der Waals surface area contributed by atoms with E-state index in [1.165, 1.54) is 6.42 Å². The number of rotatable bonds is 6. The Bertz CT molecular complexity index is 416. The molecule has 0 radical (unpaired) electrons. The molecular weight excluding hydrogens is 256 g/mol. The third-order valence-corrected chi connectivity index (χ3v) is 5.70. The van der Waals surface area contributed by atoms with E-state index >= 15 is 0 Å². The normalized spacial score (nSPS) is 41.4. The summed E-state index contributed by atoms with van der Waals surface area (Å²) in [4.78, 5) is 14.7. The van der Waals surface area contributed by atoms with Crippen molar-refractivity contribution in [3.05, 3.63) is 10.4 Å². The summed E-state index contributed by atoms with van der Waals surface area (Å²) in [6.07, 6.45) is 6.31. The lowest BCUT2D eigenvalue weighted by atomic mass is 9.48. The van der Waals surface area contributed by atoms with Gasteiger partial charge in [-0.15, -0.1) is 0 Å². The largest absolute Gasteiger partial charge is 0.480 e. The summed E-state index contributed by atoms with van der Waals surface area (Å²) in [5.74, 6) is 1.42. The molecule has 6 nitrogen and oxygen atoms in total. The summed E-state index contributed by atoms with van der Waals surface area (Å²) in [5, 5.41) is 16.7. The SMILES string of the molecule is [N-]=[N+]=NCCCNC1(C(=O)O)C2CC3CC(C2)CC1C3. The molecule has 4 fully saturated rings. The van der Waals surface area contributed by atoms with Crippen molar-refractivity contribution in [1.82, 2.24) is 5.32 Å². The molecule has 0 amide bonds. The number of nitrogens with zero attached hydrogens (tertiary/aromatic N) is 3. The van der Waals surface area contributed by atoms with Gasteiger partial charge in [0.1, 0.15) is 5.54 Å². The van der Waals surface area contributed by atoms with Gasteiger partial charge in [0, 0.05) is 11.5 Å². The van der Waals surface area contributed by atoms with Crippen molar-refractivity contribution in [2.75, 3.05) is 13.1 Å². The minimum atomic E-state index is -0.718. The molecule has 0 aromatic carbocycles. The first-order valence-corrected chi connectivity index (χ1v) is 7.66. The van der Waals surface area contributed by atoms with Crippen LogP contribution in [0.5, 0.6) is 0 Å². The van der Waals surface area contributed by atoms with Crippen LogP contribution in [0.3, 0.4) is 0 Å². The van der Waals surface area contributed by atoms with Crippen molar-refractivity contribution < 1.29 is 9.90 Å². The summed E-state index contributed by atoms with van der Waals surface area (Å²) in [5.41, 5.74) is 7.54. The van der Waals surface area contributed by atoms with Gasteiger partial charge < -0.3 is 10.4 Å². The number of hydrogen-bond acceptors (Lipinski definition) is 3. The molecule has 0 aromatic heterocycles. The highest BCUT2D eigenvalue weighted by molar-refractivity contribution is 5.80. The molecule has 0 spiro atoms. The number of carboxylic acid groups (broad SMARTS) is 1. The van der Waals surface area contributed by atoms with Gasteiger partial charge in [-0.05, 0) is 74.3 Å². The summed E-state index contributed by atoms with van der Waals surface area (Å²) in [6, 6.07) is 0. The van der Waals surface area contributed by atoms with Crippen molar-refractivity contribution >= 4 is 5.97 Å². The molecule has 4 rings (SSSR count). The van der Waals surface area contributed by atoms with E-state index < -0.39 is 11.5 Å². The van der Waals surface area contributed by atoms with E-state index in [9.17, 15) is 9.90 Å². The van der Waals surface area contributed by atoms with Gasteiger partial charge in [0.15, 0.2) is 0 Å². The first-order valence-electron chi connectivity index (χ1n) is 7.66. The van der Waals surface area contributed by atoms with Crippen LogP contribution in [0, 0.1) is 23.7 Å².